The average Bonchev–Trinajstić information content (AvgIpc) is 2.85. The first-order chi connectivity index (χ1) is 10.1. The molecule has 1 saturated heterocycles. The minimum Gasteiger partial charge on any atom is -0.396 e. The van der Waals surface area contributed by atoms with Gasteiger partial charge in [-0.1, -0.05) is 5.11 Å². The Hall–Kier alpha value is -2.13. The Labute approximate surface area is 118 Å². The highest BCUT2D eigenvalue weighted by Crippen LogP contribution is 2.29. The van der Waals surface area contributed by atoms with E-state index in [1.807, 2.05) is 0 Å². The van der Waals surface area contributed by atoms with E-state index in [-0.39, 0.29) is 31.6 Å². The van der Waals surface area contributed by atoms with Gasteiger partial charge in [0.1, 0.15) is 6.23 Å². The van der Waals surface area contributed by atoms with Gasteiger partial charge >= 0.3 is 5.69 Å². The van der Waals surface area contributed by atoms with Gasteiger partial charge in [0.15, 0.2) is 0 Å². The third-order valence-corrected chi connectivity index (χ3v) is 3.32. The van der Waals surface area contributed by atoms with Crippen LogP contribution in [0.3, 0.4) is 0 Å². The number of nitrogens with one attached hydrogen (secondary N) is 1. The number of rotatable bonds is 5. The molecule has 1 fully saturated rings. The Bertz CT molecular complexity index is 662. The van der Waals surface area contributed by atoms with Crippen LogP contribution >= 0.6 is 0 Å². The van der Waals surface area contributed by atoms with Gasteiger partial charge in [-0.3, -0.25) is 14.3 Å². The normalized spacial score (nSPS) is 24.8. The summed E-state index contributed by atoms with van der Waals surface area (Å²) in [5.41, 5.74) is 7.50. The Morgan fingerprint density at radius 2 is 2.29 bits per heavy atom. The number of aromatic amines is 1. The molecule has 0 aromatic carbocycles. The van der Waals surface area contributed by atoms with Crippen LogP contribution in [0.15, 0.2) is 20.9 Å². The van der Waals surface area contributed by atoms with Crippen molar-refractivity contribution in [1.82, 2.24) is 9.55 Å². The standard InChI is InChI=1S/C11H15N5O5/c12-15-14-7-3-9(21-8(7)5-18)16-4-6(1-2-17)10(19)13-11(16)20/h4,7-9,17-18H,1-3,5H2,(H,13,19,20)/t7?,8-,9-/m1/s1. The van der Waals surface area contributed by atoms with Crippen molar-refractivity contribution in [2.75, 3.05) is 13.2 Å². The second-order valence-corrected chi connectivity index (χ2v) is 4.61. The molecule has 1 aliphatic rings. The number of azide groups is 1. The van der Waals surface area contributed by atoms with Crippen molar-refractivity contribution in [3.63, 3.8) is 0 Å². The van der Waals surface area contributed by atoms with E-state index in [0.29, 0.717) is 0 Å². The Morgan fingerprint density at radius 3 is 2.90 bits per heavy atom. The van der Waals surface area contributed by atoms with Crippen LogP contribution in [0.4, 0.5) is 0 Å². The van der Waals surface area contributed by atoms with E-state index in [0.717, 1.165) is 0 Å². The lowest BCUT2D eigenvalue weighted by Gasteiger charge is -2.15. The zero-order chi connectivity index (χ0) is 15.4. The summed E-state index contributed by atoms with van der Waals surface area (Å²) in [4.78, 5) is 28.2. The summed E-state index contributed by atoms with van der Waals surface area (Å²) >= 11 is 0. The number of aliphatic hydroxyl groups excluding tert-OH is 2. The number of H-pyrrole nitrogens is 1. The molecule has 0 radical (unpaired) electrons. The van der Waals surface area contributed by atoms with Crippen LogP contribution in [0.25, 0.3) is 10.4 Å². The third-order valence-electron chi connectivity index (χ3n) is 3.32. The van der Waals surface area contributed by atoms with E-state index >= 15 is 0 Å². The van der Waals surface area contributed by atoms with Gasteiger partial charge in [0.05, 0.1) is 18.8 Å². The summed E-state index contributed by atoms with van der Waals surface area (Å²) in [6, 6.07) is -0.592. The highest BCUT2D eigenvalue weighted by Gasteiger charge is 2.35. The summed E-state index contributed by atoms with van der Waals surface area (Å²) in [6.45, 7) is -0.574. The molecular formula is C11H15N5O5. The molecule has 114 valence electrons. The van der Waals surface area contributed by atoms with Crippen molar-refractivity contribution < 1.29 is 14.9 Å². The third kappa shape index (κ3) is 3.14. The van der Waals surface area contributed by atoms with Crippen LogP contribution in [0.1, 0.15) is 18.2 Å². The van der Waals surface area contributed by atoms with E-state index in [4.69, 9.17) is 15.4 Å². The predicted molar refractivity (Wildman–Crippen MR) is 70.7 cm³/mol. The number of hydrogen-bond donors (Lipinski definition) is 3. The zero-order valence-corrected chi connectivity index (χ0v) is 11.0. The Morgan fingerprint density at radius 1 is 1.52 bits per heavy atom. The molecule has 0 bridgehead atoms. The summed E-state index contributed by atoms with van der Waals surface area (Å²) < 4.78 is 6.65. The molecule has 10 nitrogen and oxygen atoms in total. The lowest BCUT2D eigenvalue weighted by molar-refractivity contribution is -0.0272. The quantitative estimate of drug-likeness (QED) is 0.362. The molecule has 1 aromatic rings. The van der Waals surface area contributed by atoms with Crippen molar-refractivity contribution in [2.24, 2.45) is 5.11 Å². The van der Waals surface area contributed by atoms with Crippen molar-refractivity contribution in [3.8, 4) is 0 Å². The highest BCUT2D eigenvalue weighted by atomic mass is 16.5. The number of hydrogen-bond acceptors (Lipinski definition) is 6. The van der Waals surface area contributed by atoms with E-state index in [2.05, 4.69) is 15.0 Å². The molecule has 0 saturated carbocycles. The van der Waals surface area contributed by atoms with E-state index in [1.54, 1.807) is 0 Å². The smallest absolute Gasteiger partial charge is 0.330 e. The second kappa shape index (κ2) is 6.55. The Balaban J connectivity index is 2.34. The highest BCUT2D eigenvalue weighted by molar-refractivity contribution is 5.05. The lowest BCUT2D eigenvalue weighted by Crippen LogP contribution is -2.34. The largest absolute Gasteiger partial charge is 0.396 e. The maximum atomic E-state index is 11.8. The van der Waals surface area contributed by atoms with Crippen molar-refractivity contribution in [2.45, 2.75) is 31.2 Å². The molecule has 1 unspecified atom stereocenters. The summed E-state index contributed by atoms with van der Waals surface area (Å²) in [5, 5.41) is 21.6. The maximum Gasteiger partial charge on any atom is 0.330 e. The topological polar surface area (TPSA) is 153 Å². The van der Waals surface area contributed by atoms with Crippen molar-refractivity contribution in [1.29, 1.82) is 0 Å². The molecule has 10 heteroatoms. The summed E-state index contributed by atoms with van der Waals surface area (Å²) in [6.07, 6.45) is 0.172. The monoisotopic (exact) mass is 297 g/mol. The molecular weight excluding hydrogens is 282 g/mol. The lowest BCUT2D eigenvalue weighted by atomic mass is 10.1. The first-order valence-electron chi connectivity index (χ1n) is 6.36. The van der Waals surface area contributed by atoms with Crippen molar-refractivity contribution >= 4 is 0 Å². The molecule has 2 rings (SSSR count). The summed E-state index contributed by atoms with van der Waals surface area (Å²) in [7, 11) is 0. The molecule has 2 heterocycles. The SMILES string of the molecule is [N-]=[N+]=NC1C[C@H](n2cc(CCO)c(=O)[nH]c2=O)O[C@@H]1CO. The molecule has 1 aromatic heterocycles. The minimum absolute atomic E-state index is 0.103. The van der Waals surface area contributed by atoms with E-state index in [1.165, 1.54) is 10.8 Å². The predicted octanol–water partition coefficient (Wildman–Crippen LogP) is -0.970. The molecule has 0 amide bonds. The minimum atomic E-state index is -0.751. The van der Waals surface area contributed by atoms with Gasteiger partial charge in [0.25, 0.3) is 5.56 Å². The van der Waals surface area contributed by atoms with Crippen LogP contribution in [-0.2, 0) is 11.2 Å². The fourth-order valence-electron chi connectivity index (χ4n) is 2.28. The van der Waals surface area contributed by atoms with Crippen LogP contribution in [0.2, 0.25) is 0 Å². The van der Waals surface area contributed by atoms with Gasteiger partial charge in [-0.2, -0.15) is 0 Å². The van der Waals surface area contributed by atoms with Gasteiger partial charge in [-0.25, -0.2) is 4.79 Å². The first-order valence-corrected chi connectivity index (χ1v) is 6.36. The van der Waals surface area contributed by atoms with Gasteiger partial charge in [-0.05, 0) is 5.53 Å². The fourth-order valence-corrected chi connectivity index (χ4v) is 2.28. The number of aromatic nitrogens is 2. The number of aliphatic hydroxyl groups is 2. The molecule has 1 aliphatic heterocycles. The number of nitrogens with zero attached hydrogens (tertiary/aromatic N) is 4. The zero-order valence-electron chi connectivity index (χ0n) is 11.0. The molecule has 0 spiro atoms. The van der Waals surface area contributed by atoms with E-state index < -0.39 is 29.6 Å². The van der Waals surface area contributed by atoms with E-state index in [9.17, 15) is 14.7 Å². The fraction of sp³-hybridized carbons (Fsp3) is 0.636. The van der Waals surface area contributed by atoms with Crippen LogP contribution in [0, 0.1) is 0 Å². The van der Waals surface area contributed by atoms with Gasteiger partial charge in [-0.15, -0.1) is 0 Å². The van der Waals surface area contributed by atoms with Gasteiger partial charge in [0.2, 0.25) is 0 Å². The van der Waals surface area contributed by atoms with Crippen LogP contribution in [-0.4, -0.2) is 45.1 Å². The second-order valence-electron chi connectivity index (χ2n) is 4.61. The first kappa shape index (κ1) is 15.3. The average molecular weight is 297 g/mol. The molecule has 0 aliphatic carbocycles. The van der Waals surface area contributed by atoms with Crippen LogP contribution < -0.4 is 11.2 Å². The molecule has 3 N–H and O–H groups in total. The number of ether oxygens (including phenoxy) is 1. The van der Waals surface area contributed by atoms with Crippen molar-refractivity contribution in [3.05, 3.63) is 43.0 Å². The van der Waals surface area contributed by atoms with Crippen LogP contribution in [0.5, 0.6) is 0 Å². The molecule has 21 heavy (non-hydrogen) atoms. The van der Waals surface area contributed by atoms with Gasteiger partial charge < -0.3 is 14.9 Å². The Kier molecular flexibility index (Phi) is 4.76. The molecule has 3 atom stereocenters. The maximum absolute atomic E-state index is 11.8. The summed E-state index contributed by atoms with van der Waals surface area (Å²) in [5.74, 6) is 0. The van der Waals surface area contributed by atoms with Gasteiger partial charge in [0, 0.05) is 36.1 Å².